The van der Waals surface area contributed by atoms with Gasteiger partial charge in [0, 0.05) is 13.7 Å². The number of anilines is 2. The van der Waals surface area contributed by atoms with Crippen molar-refractivity contribution in [3.8, 4) is 0 Å². The fourth-order valence-electron chi connectivity index (χ4n) is 1.95. The Hall–Kier alpha value is -1.82. The van der Waals surface area contributed by atoms with E-state index >= 15 is 0 Å². The maximum Gasteiger partial charge on any atom is 0.340 e. The van der Waals surface area contributed by atoms with Crippen LogP contribution in [0.4, 0.5) is 11.5 Å². The van der Waals surface area contributed by atoms with Crippen molar-refractivity contribution in [2.24, 2.45) is 0 Å². The molecule has 1 aromatic rings. The van der Waals surface area contributed by atoms with Crippen LogP contribution < -0.4 is 10.6 Å². The first-order valence-electron chi connectivity index (χ1n) is 5.78. The van der Waals surface area contributed by atoms with Gasteiger partial charge in [-0.05, 0) is 12.5 Å². The van der Waals surface area contributed by atoms with Gasteiger partial charge in [-0.1, -0.05) is 0 Å². The highest BCUT2D eigenvalue weighted by Crippen LogP contribution is 2.22. The first-order valence-corrected chi connectivity index (χ1v) is 5.78. The van der Waals surface area contributed by atoms with Gasteiger partial charge in [-0.2, -0.15) is 0 Å². The van der Waals surface area contributed by atoms with Crippen molar-refractivity contribution in [3.63, 3.8) is 0 Å². The number of ether oxygens (including phenoxy) is 2. The van der Waals surface area contributed by atoms with Crippen molar-refractivity contribution < 1.29 is 14.3 Å². The Bertz CT molecular complexity index is 444. The van der Waals surface area contributed by atoms with Crippen LogP contribution in [0.3, 0.4) is 0 Å². The predicted molar refractivity (Wildman–Crippen MR) is 67.6 cm³/mol. The number of nitrogen functional groups attached to an aromatic ring is 1. The Morgan fingerprint density at radius 2 is 2.44 bits per heavy atom. The minimum absolute atomic E-state index is 0.284. The van der Waals surface area contributed by atoms with Crippen LogP contribution in [0.25, 0.3) is 0 Å². The van der Waals surface area contributed by atoms with E-state index in [9.17, 15) is 4.79 Å². The first-order chi connectivity index (χ1) is 8.63. The Kier molecular flexibility index (Phi) is 3.66. The molecule has 1 fully saturated rings. The number of carbonyl (C=O) groups is 1. The fraction of sp³-hybridized carbons (Fsp3) is 0.500. The number of esters is 1. The van der Waals surface area contributed by atoms with Gasteiger partial charge < -0.3 is 20.1 Å². The summed E-state index contributed by atoms with van der Waals surface area (Å²) in [5, 5.41) is 0. The summed E-state index contributed by atoms with van der Waals surface area (Å²) in [7, 11) is 3.26. The molecule has 2 rings (SSSR count). The second kappa shape index (κ2) is 5.22. The Balaban J connectivity index is 2.25. The number of nitrogens with zero attached hydrogens (tertiary/aromatic N) is 2. The van der Waals surface area contributed by atoms with Gasteiger partial charge >= 0.3 is 5.97 Å². The smallest absolute Gasteiger partial charge is 0.340 e. The molecule has 0 spiro atoms. The van der Waals surface area contributed by atoms with Gasteiger partial charge in [-0.15, -0.1) is 0 Å². The SMILES string of the molecule is COC(=O)c1cc(N(C)C2CCOC2)ncc1N. The summed E-state index contributed by atoms with van der Waals surface area (Å²) in [6.45, 7) is 1.43. The van der Waals surface area contributed by atoms with Gasteiger partial charge in [0.15, 0.2) is 0 Å². The third kappa shape index (κ3) is 2.38. The van der Waals surface area contributed by atoms with Crippen LogP contribution in [0.2, 0.25) is 0 Å². The third-order valence-electron chi connectivity index (χ3n) is 3.14. The molecule has 1 aliphatic rings. The molecule has 6 nitrogen and oxygen atoms in total. The average Bonchev–Trinajstić information content (AvgIpc) is 2.91. The molecule has 2 heterocycles. The second-order valence-corrected chi connectivity index (χ2v) is 4.25. The average molecular weight is 251 g/mol. The number of rotatable bonds is 3. The van der Waals surface area contributed by atoms with E-state index in [2.05, 4.69) is 9.72 Å². The topological polar surface area (TPSA) is 77.7 Å². The molecule has 6 heteroatoms. The Labute approximate surface area is 106 Å². The summed E-state index contributed by atoms with van der Waals surface area (Å²) in [5.74, 6) is 0.243. The summed E-state index contributed by atoms with van der Waals surface area (Å²) in [6.07, 6.45) is 2.43. The van der Waals surface area contributed by atoms with Crippen molar-refractivity contribution in [1.82, 2.24) is 4.98 Å². The zero-order valence-electron chi connectivity index (χ0n) is 10.5. The number of likely N-dealkylation sites (N-methyl/N-ethyl adjacent to an activating group) is 1. The Morgan fingerprint density at radius 1 is 1.67 bits per heavy atom. The van der Waals surface area contributed by atoms with Crippen LogP contribution in [-0.2, 0) is 9.47 Å². The summed E-state index contributed by atoms with van der Waals surface area (Å²) in [5.41, 5.74) is 6.37. The van der Waals surface area contributed by atoms with Crippen LogP contribution in [0.15, 0.2) is 12.3 Å². The quantitative estimate of drug-likeness (QED) is 0.796. The van der Waals surface area contributed by atoms with E-state index in [0.717, 1.165) is 13.0 Å². The second-order valence-electron chi connectivity index (χ2n) is 4.25. The molecule has 0 aromatic carbocycles. The van der Waals surface area contributed by atoms with E-state index in [4.69, 9.17) is 10.5 Å². The molecule has 0 saturated carbocycles. The molecule has 1 aromatic heterocycles. The molecule has 1 aliphatic heterocycles. The van der Waals surface area contributed by atoms with Gasteiger partial charge in [0.2, 0.25) is 0 Å². The maximum atomic E-state index is 11.6. The van der Waals surface area contributed by atoms with Gasteiger partial charge in [0.05, 0.1) is 37.2 Å². The van der Waals surface area contributed by atoms with Crippen molar-refractivity contribution in [1.29, 1.82) is 0 Å². The van der Waals surface area contributed by atoms with Gasteiger partial charge in [-0.3, -0.25) is 0 Å². The largest absolute Gasteiger partial charge is 0.465 e. The summed E-state index contributed by atoms with van der Waals surface area (Å²) < 4.78 is 10.0. The van der Waals surface area contributed by atoms with E-state index in [-0.39, 0.29) is 6.04 Å². The lowest BCUT2D eigenvalue weighted by Crippen LogP contribution is -2.32. The molecule has 0 aliphatic carbocycles. The van der Waals surface area contributed by atoms with Gasteiger partial charge in [0.25, 0.3) is 0 Å². The number of hydrogen-bond donors (Lipinski definition) is 1. The number of methoxy groups -OCH3 is 1. The lowest BCUT2D eigenvalue weighted by atomic mass is 10.2. The van der Waals surface area contributed by atoms with Gasteiger partial charge in [-0.25, -0.2) is 9.78 Å². The van der Waals surface area contributed by atoms with E-state index < -0.39 is 5.97 Å². The monoisotopic (exact) mass is 251 g/mol. The number of carbonyl (C=O) groups excluding carboxylic acids is 1. The minimum Gasteiger partial charge on any atom is -0.465 e. The predicted octanol–water partition coefficient (Wildman–Crippen LogP) is 0.675. The van der Waals surface area contributed by atoms with E-state index in [1.54, 1.807) is 6.07 Å². The summed E-state index contributed by atoms with van der Waals surface area (Å²) >= 11 is 0. The molecular weight excluding hydrogens is 234 g/mol. The molecular formula is C12H17N3O3. The number of hydrogen-bond acceptors (Lipinski definition) is 6. The molecule has 1 atom stereocenters. The molecule has 0 radical (unpaired) electrons. The third-order valence-corrected chi connectivity index (χ3v) is 3.14. The lowest BCUT2D eigenvalue weighted by Gasteiger charge is -2.24. The molecule has 1 unspecified atom stereocenters. The normalized spacial score (nSPS) is 18.7. The number of nitrogens with two attached hydrogens (primary N) is 1. The molecule has 0 amide bonds. The molecule has 0 bridgehead atoms. The van der Waals surface area contributed by atoms with Crippen molar-refractivity contribution >= 4 is 17.5 Å². The zero-order chi connectivity index (χ0) is 13.1. The zero-order valence-corrected chi connectivity index (χ0v) is 10.5. The summed E-state index contributed by atoms with van der Waals surface area (Å²) in [6, 6.07) is 1.94. The molecule has 18 heavy (non-hydrogen) atoms. The van der Waals surface area contributed by atoms with E-state index in [1.807, 2.05) is 11.9 Å². The first kappa shape index (κ1) is 12.6. The molecule has 2 N–H and O–H groups in total. The highest BCUT2D eigenvalue weighted by molar-refractivity contribution is 5.95. The number of aromatic nitrogens is 1. The molecule has 1 saturated heterocycles. The van der Waals surface area contributed by atoms with Crippen LogP contribution in [0.1, 0.15) is 16.8 Å². The van der Waals surface area contributed by atoms with Gasteiger partial charge in [0.1, 0.15) is 5.82 Å². The van der Waals surface area contributed by atoms with E-state index in [1.165, 1.54) is 13.3 Å². The van der Waals surface area contributed by atoms with Crippen LogP contribution in [-0.4, -0.2) is 44.4 Å². The standard InChI is InChI=1S/C12H17N3O3/c1-15(8-3-4-18-7-8)11-5-9(12(16)17-2)10(13)6-14-11/h5-6,8H,3-4,7,13H2,1-2H3. The van der Waals surface area contributed by atoms with Crippen molar-refractivity contribution in [2.45, 2.75) is 12.5 Å². The highest BCUT2D eigenvalue weighted by Gasteiger charge is 2.22. The van der Waals surface area contributed by atoms with Crippen LogP contribution in [0, 0.1) is 0 Å². The summed E-state index contributed by atoms with van der Waals surface area (Å²) in [4.78, 5) is 17.8. The molecule has 98 valence electrons. The minimum atomic E-state index is -0.452. The van der Waals surface area contributed by atoms with Crippen LogP contribution >= 0.6 is 0 Å². The fourth-order valence-corrected chi connectivity index (χ4v) is 1.95. The van der Waals surface area contributed by atoms with Crippen molar-refractivity contribution in [2.75, 3.05) is 38.0 Å². The Morgan fingerprint density at radius 3 is 3.06 bits per heavy atom. The van der Waals surface area contributed by atoms with Crippen molar-refractivity contribution in [3.05, 3.63) is 17.8 Å². The lowest BCUT2D eigenvalue weighted by molar-refractivity contribution is 0.0602. The maximum absolute atomic E-state index is 11.6. The van der Waals surface area contributed by atoms with E-state index in [0.29, 0.717) is 23.7 Å². The number of pyridine rings is 1. The highest BCUT2D eigenvalue weighted by atomic mass is 16.5. The van der Waals surface area contributed by atoms with Crippen LogP contribution in [0.5, 0.6) is 0 Å².